The van der Waals surface area contributed by atoms with E-state index in [1.54, 1.807) is 34.3 Å². The van der Waals surface area contributed by atoms with Crippen molar-refractivity contribution in [1.82, 2.24) is 25.0 Å². The van der Waals surface area contributed by atoms with Crippen molar-refractivity contribution in [2.45, 2.75) is 19.5 Å². The molecule has 0 aliphatic carbocycles. The highest BCUT2D eigenvalue weighted by molar-refractivity contribution is 5.89. The monoisotopic (exact) mass is 365 g/mol. The summed E-state index contributed by atoms with van der Waals surface area (Å²) in [5.41, 5.74) is 0.885. The van der Waals surface area contributed by atoms with E-state index < -0.39 is 0 Å². The van der Waals surface area contributed by atoms with Crippen LogP contribution < -0.4 is 5.32 Å². The molecule has 0 radical (unpaired) electrons. The topological polar surface area (TPSA) is 93.3 Å². The van der Waals surface area contributed by atoms with Gasteiger partial charge in [0.1, 0.15) is 5.76 Å². The number of nitrogens with zero attached hydrogens (tertiary/aromatic N) is 4. The number of amides is 2. The summed E-state index contributed by atoms with van der Waals surface area (Å²) in [7, 11) is 0. The van der Waals surface area contributed by atoms with Crippen molar-refractivity contribution in [3.05, 3.63) is 66.5 Å². The Balaban J connectivity index is 1.30. The van der Waals surface area contributed by atoms with Crippen LogP contribution in [0.1, 0.15) is 17.7 Å². The molecule has 2 amide bonds. The molecule has 27 heavy (non-hydrogen) atoms. The van der Waals surface area contributed by atoms with Crippen molar-refractivity contribution in [1.29, 1.82) is 0 Å². The van der Waals surface area contributed by atoms with Gasteiger partial charge in [0.2, 0.25) is 11.8 Å². The number of hydrogen-bond donors (Lipinski definition) is 1. The average molecular weight is 365 g/mol. The van der Waals surface area contributed by atoms with E-state index in [1.807, 2.05) is 30.5 Å². The van der Waals surface area contributed by atoms with Gasteiger partial charge in [-0.3, -0.25) is 9.59 Å². The van der Waals surface area contributed by atoms with Crippen LogP contribution in [-0.2, 0) is 22.7 Å². The van der Waals surface area contributed by atoms with Crippen molar-refractivity contribution in [2.75, 3.05) is 6.54 Å². The summed E-state index contributed by atoms with van der Waals surface area (Å²) in [5, 5.41) is 7.02. The minimum absolute atomic E-state index is 0.0307. The molecule has 0 aromatic carbocycles. The zero-order valence-electron chi connectivity index (χ0n) is 14.6. The van der Waals surface area contributed by atoms with E-state index in [-0.39, 0.29) is 24.2 Å². The summed E-state index contributed by atoms with van der Waals surface area (Å²) in [5.74, 6) is 0.930. The first-order valence-corrected chi connectivity index (χ1v) is 8.72. The van der Waals surface area contributed by atoms with Gasteiger partial charge in [-0.2, -0.15) is 5.10 Å². The lowest BCUT2D eigenvalue weighted by Gasteiger charge is -2.15. The number of hydrogen-bond acceptors (Lipinski definition) is 5. The van der Waals surface area contributed by atoms with Crippen LogP contribution in [0.2, 0.25) is 0 Å². The Bertz CT molecular complexity index is 903. The fourth-order valence-electron chi connectivity index (χ4n) is 3.09. The standard InChI is InChI=1S/C19H19N5O3/c25-18-9-15(12-23(18)13-16-3-1-8-27-16)19(26)21-11-14-4-5-17(20-10-14)24-7-2-6-22-24/h1-8,10,15H,9,11-13H2,(H,21,26). The Morgan fingerprint density at radius 3 is 2.93 bits per heavy atom. The highest BCUT2D eigenvalue weighted by Gasteiger charge is 2.34. The van der Waals surface area contributed by atoms with Crippen LogP contribution in [0.25, 0.3) is 5.82 Å². The second-order valence-electron chi connectivity index (χ2n) is 6.45. The zero-order chi connectivity index (χ0) is 18.6. The molecule has 8 nitrogen and oxygen atoms in total. The van der Waals surface area contributed by atoms with Crippen molar-refractivity contribution >= 4 is 11.8 Å². The Labute approximate surface area is 155 Å². The lowest BCUT2D eigenvalue weighted by atomic mass is 10.1. The highest BCUT2D eigenvalue weighted by atomic mass is 16.3. The zero-order valence-corrected chi connectivity index (χ0v) is 14.6. The molecule has 1 aliphatic rings. The predicted octanol–water partition coefficient (Wildman–Crippen LogP) is 1.53. The quantitative estimate of drug-likeness (QED) is 0.715. The van der Waals surface area contributed by atoms with E-state index in [9.17, 15) is 9.59 Å². The van der Waals surface area contributed by atoms with Crippen molar-refractivity contribution in [2.24, 2.45) is 5.92 Å². The van der Waals surface area contributed by atoms with E-state index >= 15 is 0 Å². The molecule has 3 aromatic rings. The van der Waals surface area contributed by atoms with Crippen LogP contribution in [0.15, 0.2) is 59.6 Å². The van der Waals surface area contributed by atoms with Crippen LogP contribution in [0.4, 0.5) is 0 Å². The van der Waals surface area contributed by atoms with Gasteiger partial charge in [-0.1, -0.05) is 6.07 Å². The summed E-state index contributed by atoms with van der Waals surface area (Å²) in [6.45, 7) is 1.17. The number of rotatable bonds is 6. The number of carbonyl (C=O) groups excluding carboxylic acids is 2. The van der Waals surface area contributed by atoms with E-state index in [0.717, 1.165) is 5.56 Å². The highest BCUT2D eigenvalue weighted by Crippen LogP contribution is 2.20. The third-order valence-corrected chi connectivity index (χ3v) is 4.53. The summed E-state index contributed by atoms with van der Waals surface area (Å²) in [6, 6.07) is 9.17. The molecule has 0 bridgehead atoms. The molecule has 1 fully saturated rings. The van der Waals surface area contributed by atoms with Crippen LogP contribution >= 0.6 is 0 Å². The van der Waals surface area contributed by atoms with Gasteiger partial charge in [-0.25, -0.2) is 9.67 Å². The van der Waals surface area contributed by atoms with Gasteiger partial charge in [-0.15, -0.1) is 0 Å². The molecule has 1 saturated heterocycles. The number of pyridine rings is 1. The molecular weight excluding hydrogens is 346 g/mol. The van der Waals surface area contributed by atoms with E-state index in [1.165, 1.54) is 0 Å². The average Bonchev–Trinajstić information content (AvgIpc) is 3.44. The SMILES string of the molecule is O=C(NCc1ccc(-n2cccn2)nc1)C1CC(=O)N(Cc2ccco2)C1. The van der Waals surface area contributed by atoms with Crippen molar-refractivity contribution in [3.8, 4) is 5.82 Å². The van der Waals surface area contributed by atoms with Gasteiger partial charge in [0.15, 0.2) is 5.82 Å². The minimum atomic E-state index is -0.344. The Hall–Kier alpha value is -3.42. The molecule has 3 aromatic heterocycles. The molecule has 1 atom stereocenters. The maximum Gasteiger partial charge on any atom is 0.225 e. The van der Waals surface area contributed by atoms with E-state index in [2.05, 4.69) is 15.4 Å². The Kier molecular flexibility index (Phi) is 4.69. The van der Waals surface area contributed by atoms with Crippen LogP contribution in [0.5, 0.6) is 0 Å². The first kappa shape index (κ1) is 17.0. The summed E-state index contributed by atoms with van der Waals surface area (Å²) >= 11 is 0. The van der Waals surface area contributed by atoms with Crippen LogP contribution in [-0.4, -0.2) is 38.0 Å². The van der Waals surface area contributed by atoms with Gasteiger partial charge in [0.25, 0.3) is 0 Å². The molecule has 138 valence electrons. The van der Waals surface area contributed by atoms with E-state index in [0.29, 0.717) is 31.2 Å². The summed E-state index contributed by atoms with van der Waals surface area (Å²) < 4.78 is 6.94. The van der Waals surface area contributed by atoms with Crippen molar-refractivity contribution < 1.29 is 14.0 Å². The second-order valence-corrected chi connectivity index (χ2v) is 6.45. The normalized spacial score (nSPS) is 16.7. The largest absolute Gasteiger partial charge is 0.467 e. The van der Waals surface area contributed by atoms with E-state index in [4.69, 9.17) is 4.42 Å². The smallest absolute Gasteiger partial charge is 0.225 e. The van der Waals surface area contributed by atoms with Crippen LogP contribution in [0.3, 0.4) is 0 Å². The van der Waals surface area contributed by atoms with Gasteiger partial charge in [0.05, 0.1) is 18.7 Å². The lowest BCUT2D eigenvalue weighted by molar-refractivity contribution is -0.129. The first-order chi connectivity index (χ1) is 13.2. The number of aromatic nitrogens is 3. The summed E-state index contributed by atoms with van der Waals surface area (Å²) in [4.78, 5) is 30.5. The number of nitrogens with one attached hydrogen (secondary N) is 1. The lowest BCUT2D eigenvalue weighted by Crippen LogP contribution is -2.32. The molecule has 0 saturated carbocycles. The predicted molar refractivity (Wildman–Crippen MR) is 95.4 cm³/mol. The maximum atomic E-state index is 12.4. The minimum Gasteiger partial charge on any atom is -0.467 e. The number of likely N-dealkylation sites (tertiary alicyclic amines) is 1. The molecule has 1 aliphatic heterocycles. The van der Waals surface area contributed by atoms with Gasteiger partial charge >= 0.3 is 0 Å². The molecule has 4 heterocycles. The molecule has 1 unspecified atom stereocenters. The van der Waals surface area contributed by atoms with Gasteiger partial charge in [-0.05, 0) is 29.8 Å². The molecular formula is C19H19N5O3. The first-order valence-electron chi connectivity index (χ1n) is 8.72. The maximum absolute atomic E-state index is 12.4. The van der Waals surface area contributed by atoms with Gasteiger partial charge in [0, 0.05) is 38.1 Å². The number of carbonyl (C=O) groups is 2. The number of furan rings is 1. The fraction of sp³-hybridized carbons (Fsp3) is 0.263. The van der Waals surface area contributed by atoms with Gasteiger partial charge < -0.3 is 14.6 Å². The molecule has 0 spiro atoms. The van der Waals surface area contributed by atoms with Crippen LogP contribution in [0, 0.1) is 5.92 Å². The second kappa shape index (κ2) is 7.45. The Morgan fingerprint density at radius 1 is 1.30 bits per heavy atom. The summed E-state index contributed by atoms with van der Waals surface area (Å²) in [6.07, 6.45) is 7.01. The third-order valence-electron chi connectivity index (χ3n) is 4.53. The fourth-order valence-corrected chi connectivity index (χ4v) is 3.09. The van der Waals surface area contributed by atoms with Crippen molar-refractivity contribution in [3.63, 3.8) is 0 Å². The molecule has 8 heteroatoms. The third kappa shape index (κ3) is 3.89. The molecule has 4 rings (SSSR count). The molecule has 1 N–H and O–H groups in total. The Morgan fingerprint density at radius 2 is 2.22 bits per heavy atom.